The molecule has 1 aliphatic heterocycles. The number of amides is 2. The predicted octanol–water partition coefficient (Wildman–Crippen LogP) is -0.00370. The molecular formula is C8H12N2O2. The van der Waals surface area contributed by atoms with Gasteiger partial charge in [-0.25, -0.2) is 0 Å². The molecule has 66 valence electrons. The average Bonchev–Trinajstić information content (AvgIpc) is 2.38. The van der Waals surface area contributed by atoms with E-state index in [1.807, 2.05) is 6.92 Å². The summed E-state index contributed by atoms with van der Waals surface area (Å²) >= 11 is 0. The Morgan fingerprint density at radius 2 is 2.50 bits per heavy atom. The Morgan fingerprint density at radius 3 is 2.83 bits per heavy atom. The normalized spacial score (nSPS) is 18.4. The van der Waals surface area contributed by atoms with Crippen LogP contribution in [-0.2, 0) is 9.59 Å². The quantitative estimate of drug-likeness (QED) is 0.644. The second-order valence-electron chi connectivity index (χ2n) is 2.72. The van der Waals surface area contributed by atoms with Crippen LogP contribution in [0.25, 0.3) is 0 Å². The van der Waals surface area contributed by atoms with E-state index in [4.69, 9.17) is 5.73 Å². The van der Waals surface area contributed by atoms with E-state index < -0.39 is 11.9 Å². The number of rotatable bonds is 3. The molecule has 12 heavy (non-hydrogen) atoms. The van der Waals surface area contributed by atoms with Crippen molar-refractivity contribution in [3.05, 3.63) is 12.3 Å². The van der Waals surface area contributed by atoms with Crippen LogP contribution in [0, 0.1) is 0 Å². The third-order valence-corrected chi connectivity index (χ3v) is 1.90. The minimum absolute atomic E-state index is 0.0550. The largest absolute Gasteiger partial charge is 0.368 e. The summed E-state index contributed by atoms with van der Waals surface area (Å²) in [5.41, 5.74) is 5.12. The first kappa shape index (κ1) is 8.77. The van der Waals surface area contributed by atoms with Gasteiger partial charge in [-0.2, -0.15) is 0 Å². The molecular weight excluding hydrogens is 156 g/mol. The monoisotopic (exact) mass is 168 g/mol. The van der Waals surface area contributed by atoms with Crippen LogP contribution in [-0.4, -0.2) is 22.8 Å². The Labute approximate surface area is 71.0 Å². The minimum atomic E-state index is -0.476. The molecule has 2 N–H and O–H groups in total. The number of primary amides is 1. The van der Waals surface area contributed by atoms with Crippen LogP contribution in [0.3, 0.4) is 0 Å². The summed E-state index contributed by atoms with van der Waals surface area (Å²) in [6.45, 7) is 1.83. The number of hydrogen-bond acceptors (Lipinski definition) is 2. The molecule has 4 nitrogen and oxygen atoms in total. The Morgan fingerprint density at radius 1 is 1.83 bits per heavy atom. The van der Waals surface area contributed by atoms with Crippen molar-refractivity contribution >= 4 is 11.8 Å². The van der Waals surface area contributed by atoms with Gasteiger partial charge in [-0.3, -0.25) is 9.59 Å². The lowest BCUT2D eigenvalue weighted by atomic mass is 10.2. The van der Waals surface area contributed by atoms with Crippen LogP contribution in [0.1, 0.15) is 19.8 Å². The van der Waals surface area contributed by atoms with Crippen LogP contribution in [0.4, 0.5) is 0 Å². The van der Waals surface area contributed by atoms with Crippen molar-refractivity contribution in [3.63, 3.8) is 0 Å². The van der Waals surface area contributed by atoms with Crippen molar-refractivity contribution in [2.75, 3.05) is 0 Å². The maximum absolute atomic E-state index is 11.1. The lowest BCUT2D eigenvalue weighted by Crippen LogP contribution is -2.42. The molecule has 4 heteroatoms. The molecule has 0 spiro atoms. The molecule has 0 saturated heterocycles. The predicted molar refractivity (Wildman–Crippen MR) is 43.9 cm³/mol. The molecule has 0 fully saturated rings. The van der Waals surface area contributed by atoms with E-state index in [1.165, 1.54) is 4.90 Å². The van der Waals surface area contributed by atoms with Crippen LogP contribution < -0.4 is 5.73 Å². The zero-order valence-electron chi connectivity index (χ0n) is 6.99. The summed E-state index contributed by atoms with van der Waals surface area (Å²) in [7, 11) is 0. The first-order valence-electron chi connectivity index (χ1n) is 3.94. The Balaban J connectivity index is 2.72. The van der Waals surface area contributed by atoms with Gasteiger partial charge in [-0.15, -0.1) is 0 Å². The first-order chi connectivity index (χ1) is 5.66. The van der Waals surface area contributed by atoms with E-state index in [2.05, 4.69) is 0 Å². The SMILES string of the molecule is CC[C@@H](C(N)=O)N1C=CCC1=O. The highest BCUT2D eigenvalue weighted by Gasteiger charge is 2.26. The second-order valence-corrected chi connectivity index (χ2v) is 2.72. The molecule has 1 atom stereocenters. The van der Waals surface area contributed by atoms with Gasteiger partial charge in [0, 0.05) is 12.6 Å². The van der Waals surface area contributed by atoms with Crippen molar-refractivity contribution in [2.45, 2.75) is 25.8 Å². The van der Waals surface area contributed by atoms with E-state index in [-0.39, 0.29) is 5.91 Å². The molecule has 0 aliphatic carbocycles. The molecule has 0 bridgehead atoms. The highest BCUT2D eigenvalue weighted by molar-refractivity contribution is 5.89. The zero-order valence-corrected chi connectivity index (χ0v) is 6.99. The molecule has 0 aromatic heterocycles. The lowest BCUT2D eigenvalue weighted by molar-refractivity contribution is -0.134. The summed E-state index contributed by atoms with van der Waals surface area (Å²) in [5.74, 6) is -0.502. The minimum Gasteiger partial charge on any atom is -0.368 e. The molecule has 0 aromatic rings. The van der Waals surface area contributed by atoms with Gasteiger partial charge in [0.25, 0.3) is 0 Å². The highest BCUT2D eigenvalue weighted by Crippen LogP contribution is 2.12. The Bertz CT molecular complexity index is 235. The van der Waals surface area contributed by atoms with E-state index in [0.717, 1.165) is 0 Å². The van der Waals surface area contributed by atoms with Crippen molar-refractivity contribution in [1.82, 2.24) is 4.90 Å². The van der Waals surface area contributed by atoms with E-state index in [9.17, 15) is 9.59 Å². The summed E-state index contributed by atoms with van der Waals surface area (Å²) in [4.78, 5) is 23.4. The number of nitrogens with two attached hydrogens (primary N) is 1. The number of hydrogen-bond donors (Lipinski definition) is 1. The third-order valence-electron chi connectivity index (χ3n) is 1.90. The maximum atomic E-state index is 11.1. The fourth-order valence-electron chi connectivity index (χ4n) is 1.27. The van der Waals surface area contributed by atoms with Crippen molar-refractivity contribution < 1.29 is 9.59 Å². The Kier molecular flexibility index (Phi) is 2.47. The average molecular weight is 168 g/mol. The van der Waals surface area contributed by atoms with Crippen molar-refractivity contribution in [1.29, 1.82) is 0 Å². The van der Waals surface area contributed by atoms with Crippen LogP contribution in [0.5, 0.6) is 0 Å². The zero-order chi connectivity index (χ0) is 9.14. The molecule has 0 saturated carbocycles. The summed E-state index contributed by atoms with van der Waals surface area (Å²) in [5, 5.41) is 0. The van der Waals surface area contributed by atoms with E-state index in [1.54, 1.807) is 12.3 Å². The summed E-state index contributed by atoms with van der Waals surface area (Å²) in [6, 6.07) is -0.476. The van der Waals surface area contributed by atoms with Crippen LogP contribution in [0.2, 0.25) is 0 Å². The van der Waals surface area contributed by atoms with Crippen molar-refractivity contribution in [2.24, 2.45) is 5.73 Å². The molecule has 0 aromatic carbocycles. The van der Waals surface area contributed by atoms with Crippen LogP contribution in [0.15, 0.2) is 12.3 Å². The lowest BCUT2D eigenvalue weighted by Gasteiger charge is -2.21. The first-order valence-corrected chi connectivity index (χ1v) is 3.94. The van der Waals surface area contributed by atoms with Gasteiger partial charge in [0.15, 0.2) is 0 Å². The molecule has 0 unspecified atom stereocenters. The molecule has 2 amide bonds. The van der Waals surface area contributed by atoms with Gasteiger partial charge in [0.05, 0.1) is 0 Å². The molecule has 0 radical (unpaired) electrons. The van der Waals surface area contributed by atoms with Gasteiger partial charge in [-0.05, 0) is 6.42 Å². The van der Waals surface area contributed by atoms with Gasteiger partial charge in [0.2, 0.25) is 11.8 Å². The van der Waals surface area contributed by atoms with Crippen LogP contribution >= 0.6 is 0 Å². The van der Waals surface area contributed by atoms with Gasteiger partial charge in [0.1, 0.15) is 6.04 Å². The molecule has 1 heterocycles. The number of carbonyl (C=O) groups excluding carboxylic acids is 2. The molecule has 1 rings (SSSR count). The topological polar surface area (TPSA) is 63.4 Å². The van der Waals surface area contributed by atoms with E-state index in [0.29, 0.717) is 12.8 Å². The number of nitrogens with zero attached hydrogens (tertiary/aromatic N) is 1. The summed E-state index contributed by atoms with van der Waals surface area (Å²) < 4.78 is 0. The highest BCUT2D eigenvalue weighted by atomic mass is 16.2. The standard InChI is InChI=1S/C8H12N2O2/c1-2-6(8(9)12)10-5-3-4-7(10)11/h3,5-6H,2,4H2,1H3,(H2,9,12)/t6-/m0/s1. The fraction of sp³-hybridized carbons (Fsp3) is 0.500. The van der Waals surface area contributed by atoms with Gasteiger partial charge < -0.3 is 10.6 Å². The summed E-state index contributed by atoms with van der Waals surface area (Å²) in [6.07, 6.45) is 4.30. The fourth-order valence-corrected chi connectivity index (χ4v) is 1.27. The second kappa shape index (κ2) is 3.38. The van der Waals surface area contributed by atoms with E-state index >= 15 is 0 Å². The van der Waals surface area contributed by atoms with Gasteiger partial charge in [-0.1, -0.05) is 13.0 Å². The van der Waals surface area contributed by atoms with Gasteiger partial charge >= 0.3 is 0 Å². The number of carbonyl (C=O) groups is 2. The maximum Gasteiger partial charge on any atom is 0.240 e. The Hall–Kier alpha value is -1.32. The molecule has 1 aliphatic rings. The third kappa shape index (κ3) is 1.47. The van der Waals surface area contributed by atoms with Crippen molar-refractivity contribution in [3.8, 4) is 0 Å². The smallest absolute Gasteiger partial charge is 0.240 e.